The first-order valence-electron chi connectivity index (χ1n) is 5.94. The van der Waals surface area contributed by atoms with Crippen LogP contribution < -0.4 is 5.32 Å². The van der Waals surface area contributed by atoms with Crippen LogP contribution in [-0.4, -0.2) is 35.7 Å². The van der Waals surface area contributed by atoms with Gasteiger partial charge in [-0.25, -0.2) is 4.79 Å². The van der Waals surface area contributed by atoms with Crippen LogP contribution in [0.25, 0.3) is 0 Å². The minimum atomic E-state index is -0.951. The zero-order valence-electron chi connectivity index (χ0n) is 10.7. The summed E-state index contributed by atoms with van der Waals surface area (Å²) in [5, 5.41) is 11.9. The van der Waals surface area contributed by atoms with Gasteiger partial charge < -0.3 is 15.2 Å². The average Bonchev–Trinajstić information content (AvgIpc) is 2.30. The van der Waals surface area contributed by atoms with Crippen molar-refractivity contribution in [3.8, 4) is 0 Å². The van der Waals surface area contributed by atoms with E-state index in [1.54, 1.807) is 12.2 Å². The van der Waals surface area contributed by atoms with Crippen LogP contribution in [0, 0.1) is 5.92 Å². The third-order valence-electron chi connectivity index (χ3n) is 2.93. The summed E-state index contributed by atoms with van der Waals surface area (Å²) in [5.74, 6) is -1.35. The minimum Gasteiger partial charge on any atom is -0.478 e. The third-order valence-corrected chi connectivity index (χ3v) is 2.93. The molecule has 2 N–H and O–H groups in total. The highest BCUT2D eigenvalue weighted by Gasteiger charge is 2.34. The van der Waals surface area contributed by atoms with Gasteiger partial charge in [-0.1, -0.05) is 12.2 Å². The number of hydrogen-bond acceptors (Lipinski definition) is 3. The highest BCUT2D eigenvalue weighted by atomic mass is 16.5. The number of carboxylic acids is 1. The molecule has 1 rings (SSSR count). The van der Waals surface area contributed by atoms with E-state index in [-0.39, 0.29) is 24.0 Å². The molecule has 0 heterocycles. The molecule has 0 bridgehead atoms. The number of nitrogens with one attached hydrogen (secondary N) is 1. The molecule has 1 aliphatic carbocycles. The molecule has 1 aliphatic rings. The highest BCUT2D eigenvalue weighted by Crippen LogP contribution is 2.27. The predicted octanol–water partition coefficient (Wildman–Crippen LogP) is 1.11. The van der Waals surface area contributed by atoms with Crippen molar-refractivity contribution in [1.82, 2.24) is 5.32 Å². The Hall–Kier alpha value is -1.62. The number of rotatable bonds is 5. The molecule has 3 atom stereocenters. The van der Waals surface area contributed by atoms with Gasteiger partial charge in [0.05, 0.1) is 12.1 Å². The summed E-state index contributed by atoms with van der Waals surface area (Å²) in [6.07, 6.45) is 3.22. The van der Waals surface area contributed by atoms with Crippen LogP contribution in [0.15, 0.2) is 24.3 Å². The maximum atomic E-state index is 11.2. The van der Waals surface area contributed by atoms with Crippen LogP contribution in [0.5, 0.6) is 0 Å². The summed E-state index contributed by atoms with van der Waals surface area (Å²) in [6.45, 7) is 7.43. The SMILES string of the molecule is C=C[C@H]1C=C(C(=O)O)C[C@@H](OCC)[C@@H]1NC(C)=O. The van der Waals surface area contributed by atoms with Crippen LogP contribution >= 0.6 is 0 Å². The fourth-order valence-electron chi connectivity index (χ4n) is 2.17. The molecule has 0 saturated carbocycles. The van der Waals surface area contributed by atoms with Gasteiger partial charge in [0.1, 0.15) is 0 Å². The van der Waals surface area contributed by atoms with Crippen molar-refractivity contribution in [2.45, 2.75) is 32.4 Å². The molecule has 0 aromatic carbocycles. The molecule has 100 valence electrons. The molecule has 0 aromatic rings. The molecule has 5 nitrogen and oxygen atoms in total. The number of carbonyl (C=O) groups excluding carboxylic acids is 1. The molecule has 0 aromatic heterocycles. The zero-order valence-corrected chi connectivity index (χ0v) is 10.7. The van der Waals surface area contributed by atoms with Crippen LogP contribution in [0.2, 0.25) is 0 Å². The first-order valence-corrected chi connectivity index (χ1v) is 5.94. The second-order valence-corrected chi connectivity index (χ2v) is 4.23. The summed E-state index contributed by atoms with van der Waals surface area (Å²) >= 11 is 0. The molecule has 0 aliphatic heterocycles. The lowest BCUT2D eigenvalue weighted by Gasteiger charge is -2.35. The Morgan fingerprint density at radius 3 is 2.78 bits per heavy atom. The zero-order chi connectivity index (χ0) is 13.7. The van der Waals surface area contributed by atoms with E-state index in [9.17, 15) is 9.59 Å². The third kappa shape index (κ3) is 3.43. The Bertz CT molecular complexity index is 375. The number of aliphatic carboxylic acids is 1. The van der Waals surface area contributed by atoms with E-state index in [1.165, 1.54) is 6.92 Å². The fraction of sp³-hybridized carbons (Fsp3) is 0.538. The van der Waals surface area contributed by atoms with Gasteiger partial charge in [0.25, 0.3) is 0 Å². The number of amides is 1. The van der Waals surface area contributed by atoms with Crippen molar-refractivity contribution in [1.29, 1.82) is 0 Å². The van der Waals surface area contributed by atoms with Gasteiger partial charge in [-0.15, -0.1) is 6.58 Å². The van der Waals surface area contributed by atoms with E-state index in [0.29, 0.717) is 18.6 Å². The lowest BCUT2D eigenvalue weighted by atomic mass is 9.83. The Kier molecular flexibility index (Phi) is 5.09. The van der Waals surface area contributed by atoms with Gasteiger partial charge in [0.2, 0.25) is 5.91 Å². The van der Waals surface area contributed by atoms with Crippen molar-refractivity contribution < 1.29 is 19.4 Å². The van der Waals surface area contributed by atoms with Crippen LogP contribution in [0.1, 0.15) is 20.3 Å². The van der Waals surface area contributed by atoms with Crippen LogP contribution in [-0.2, 0) is 14.3 Å². The van der Waals surface area contributed by atoms with Crippen molar-refractivity contribution in [3.63, 3.8) is 0 Å². The van der Waals surface area contributed by atoms with E-state index in [2.05, 4.69) is 11.9 Å². The van der Waals surface area contributed by atoms with E-state index < -0.39 is 5.97 Å². The Balaban J connectivity index is 2.99. The molecule has 0 fully saturated rings. The largest absolute Gasteiger partial charge is 0.478 e. The summed E-state index contributed by atoms with van der Waals surface area (Å²) < 4.78 is 5.54. The standard InChI is InChI=1S/C13H19NO4/c1-4-9-6-10(13(16)17)7-11(18-5-2)12(9)14-8(3)15/h4,6,9,11-12H,1,5,7H2,2-3H3,(H,14,15)(H,16,17)/t9-,11+,12+/m0/s1. The van der Waals surface area contributed by atoms with Gasteiger partial charge >= 0.3 is 5.97 Å². The van der Waals surface area contributed by atoms with Crippen molar-refractivity contribution in [3.05, 3.63) is 24.3 Å². The van der Waals surface area contributed by atoms with E-state index in [0.717, 1.165) is 0 Å². The first-order chi connectivity index (χ1) is 8.49. The highest BCUT2D eigenvalue weighted by molar-refractivity contribution is 5.87. The second-order valence-electron chi connectivity index (χ2n) is 4.23. The Labute approximate surface area is 107 Å². The number of hydrogen-bond donors (Lipinski definition) is 2. The molecule has 0 saturated heterocycles. The first kappa shape index (κ1) is 14.4. The van der Waals surface area contributed by atoms with Crippen LogP contribution in [0.3, 0.4) is 0 Å². The molecule has 0 radical (unpaired) electrons. The Morgan fingerprint density at radius 2 is 2.33 bits per heavy atom. The van der Waals surface area contributed by atoms with Crippen molar-refractivity contribution in [2.75, 3.05) is 6.61 Å². The average molecular weight is 253 g/mol. The maximum absolute atomic E-state index is 11.2. The Morgan fingerprint density at radius 1 is 1.67 bits per heavy atom. The van der Waals surface area contributed by atoms with Gasteiger partial charge in [-0.05, 0) is 6.92 Å². The smallest absolute Gasteiger partial charge is 0.331 e. The van der Waals surface area contributed by atoms with E-state index >= 15 is 0 Å². The molecule has 0 spiro atoms. The topological polar surface area (TPSA) is 75.6 Å². The second kappa shape index (κ2) is 6.35. The summed E-state index contributed by atoms with van der Waals surface area (Å²) in [4.78, 5) is 22.2. The van der Waals surface area contributed by atoms with E-state index in [4.69, 9.17) is 9.84 Å². The number of carboxylic acid groups (broad SMARTS) is 1. The number of ether oxygens (including phenoxy) is 1. The van der Waals surface area contributed by atoms with Crippen molar-refractivity contribution >= 4 is 11.9 Å². The van der Waals surface area contributed by atoms with E-state index in [1.807, 2.05) is 6.92 Å². The molecule has 0 unspecified atom stereocenters. The lowest BCUT2D eigenvalue weighted by Crippen LogP contribution is -2.50. The normalized spacial score (nSPS) is 27.2. The summed E-state index contributed by atoms with van der Waals surface area (Å²) in [5.41, 5.74) is 0.306. The fourth-order valence-corrected chi connectivity index (χ4v) is 2.17. The van der Waals surface area contributed by atoms with Crippen molar-refractivity contribution in [2.24, 2.45) is 5.92 Å². The van der Waals surface area contributed by atoms with Crippen LogP contribution in [0.4, 0.5) is 0 Å². The lowest BCUT2D eigenvalue weighted by molar-refractivity contribution is -0.133. The van der Waals surface area contributed by atoms with Gasteiger partial charge in [-0.2, -0.15) is 0 Å². The molecule has 1 amide bonds. The quantitative estimate of drug-likeness (QED) is 0.720. The summed E-state index contributed by atoms with van der Waals surface area (Å²) in [6, 6.07) is -0.261. The monoisotopic (exact) mass is 253 g/mol. The van der Waals surface area contributed by atoms with Gasteiger partial charge in [0.15, 0.2) is 0 Å². The van der Waals surface area contributed by atoms with Gasteiger partial charge in [-0.3, -0.25) is 4.79 Å². The molecular formula is C13H19NO4. The predicted molar refractivity (Wildman–Crippen MR) is 67.0 cm³/mol. The van der Waals surface area contributed by atoms with Gasteiger partial charge in [0, 0.05) is 31.4 Å². The number of carbonyl (C=O) groups is 2. The maximum Gasteiger partial charge on any atom is 0.331 e. The molecule has 18 heavy (non-hydrogen) atoms. The summed E-state index contributed by atoms with van der Waals surface area (Å²) in [7, 11) is 0. The minimum absolute atomic E-state index is 0.163. The molecular weight excluding hydrogens is 234 g/mol. The molecule has 5 heteroatoms.